The van der Waals surface area contributed by atoms with Crippen molar-refractivity contribution in [3.8, 4) is 5.75 Å². The largest absolute Gasteiger partial charge is 0.494 e. The van der Waals surface area contributed by atoms with Gasteiger partial charge in [0.25, 0.3) is 5.69 Å². The molecule has 8 heteroatoms. The van der Waals surface area contributed by atoms with Gasteiger partial charge in [0.1, 0.15) is 5.75 Å². The number of ether oxygens (including phenoxy) is 1. The molecule has 0 aliphatic carbocycles. The summed E-state index contributed by atoms with van der Waals surface area (Å²) >= 11 is 0. The highest BCUT2D eigenvalue weighted by Gasteiger charge is 2.22. The summed E-state index contributed by atoms with van der Waals surface area (Å²) < 4.78 is 32.9. The quantitative estimate of drug-likeness (QED) is 0.600. The first kappa shape index (κ1) is 18.9. The van der Waals surface area contributed by atoms with Crippen LogP contribution in [0.25, 0.3) is 0 Å². The van der Waals surface area contributed by atoms with Gasteiger partial charge in [-0.25, -0.2) is 13.1 Å². The zero-order valence-electron chi connectivity index (χ0n) is 14.2. The number of hydrogen-bond donors (Lipinski definition) is 1. The van der Waals surface area contributed by atoms with Crippen LogP contribution >= 0.6 is 0 Å². The zero-order chi connectivity index (χ0) is 18.6. The van der Waals surface area contributed by atoms with Gasteiger partial charge in [-0.3, -0.25) is 10.1 Å². The molecule has 2 aromatic rings. The summed E-state index contributed by atoms with van der Waals surface area (Å²) in [5, 5.41) is 11.0. The van der Waals surface area contributed by atoms with Crippen LogP contribution in [0.1, 0.15) is 31.0 Å². The second-order valence-electron chi connectivity index (χ2n) is 5.55. The van der Waals surface area contributed by atoms with Crippen LogP contribution in [0.2, 0.25) is 0 Å². The summed E-state index contributed by atoms with van der Waals surface area (Å²) in [6.45, 7) is 5.69. The lowest BCUT2D eigenvalue weighted by molar-refractivity contribution is -0.385. The lowest BCUT2D eigenvalue weighted by Gasteiger charge is -2.15. The van der Waals surface area contributed by atoms with Crippen LogP contribution in [0, 0.1) is 17.0 Å². The highest BCUT2D eigenvalue weighted by Crippen LogP contribution is 2.24. The highest BCUT2D eigenvalue weighted by molar-refractivity contribution is 7.89. The molecule has 0 fully saturated rings. The molecule has 134 valence electrons. The van der Waals surface area contributed by atoms with E-state index >= 15 is 0 Å². The minimum Gasteiger partial charge on any atom is -0.494 e. The van der Waals surface area contributed by atoms with Crippen LogP contribution in [-0.4, -0.2) is 19.9 Å². The van der Waals surface area contributed by atoms with Gasteiger partial charge in [-0.1, -0.05) is 18.2 Å². The Bertz CT molecular complexity index is 863. The third kappa shape index (κ3) is 4.55. The maximum atomic E-state index is 12.5. The van der Waals surface area contributed by atoms with Gasteiger partial charge in [-0.05, 0) is 44.5 Å². The van der Waals surface area contributed by atoms with Crippen LogP contribution in [0.4, 0.5) is 5.69 Å². The van der Waals surface area contributed by atoms with Gasteiger partial charge in [-0.15, -0.1) is 0 Å². The van der Waals surface area contributed by atoms with Crippen LogP contribution < -0.4 is 9.46 Å². The van der Waals surface area contributed by atoms with Gasteiger partial charge in [0.15, 0.2) is 0 Å². The standard InChI is InChI=1S/C17H20N2O5S/c1-4-24-15-8-6-14(7-9-15)13(3)18-25(22,23)16-10-5-12(2)17(11-16)19(20)21/h5-11,13,18H,4H2,1-3H3/t13-/m1/s1. The second kappa shape index (κ2) is 7.62. The normalized spacial score (nSPS) is 12.6. The molecule has 0 saturated heterocycles. The van der Waals surface area contributed by atoms with E-state index in [9.17, 15) is 18.5 Å². The fraction of sp³-hybridized carbons (Fsp3) is 0.294. The first-order valence-corrected chi connectivity index (χ1v) is 9.23. The molecule has 0 saturated carbocycles. The summed E-state index contributed by atoms with van der Waals surface area (Å²) in [6.07, 6.45) is 0. The van der Waals surface area contributed by atoms with Crippen molar-refractivity contribution in [2.75, 3.05) is 6.61 Å². The number of nitrogens with zero attached hydrogens (tertiary/aromatic N) is 1. The summed E-state index contributed by atoms with van der Waals surface area (Å²) in [5.41, 5.74) is 0.939. The Morgan fingerprint density at radius 3 is 2.40 bits per heavy atom. The van der Waals surface area contributed by atoms with Crippen molar-refractivity contribution in [3.63, 3.8) is 0 Å². The van der Waals surface area contributed by atoms with Gasteiger partial charge >= 0.3 is 0 Å². The third-order valence-corrected chi connectivity index (χ3v) is 5.25. The molecule has 0 amide bonds. The van der Waals surface area contributed by atoms with E-state index in [1.165, 1.54) is 12.1 Å². The van der Waals surface area contributed by atoms with Gasteiger partial charge in [0.2, 0.25) is 10.0 Å². The molecule has 2 rings (SSSR count). The zero-order valence-corrected chi connectivity index (χ0v) is 15.0. The average molecular weight is 364 g/mol. The van der Waals surface area contributed by atoms with Gasteiger partial charge in [0, 0.05) is 17.7 Å². The Morgan fingerprint density at radius 2 is 1.84 bits per heavy atom. The number of nitro benzene ring substituents is 1. The molecule has 25 heavy (non-hydrogen) atoms. The molecule has 0 unspecified atom stereocenters. The van der Waals surface area contributed by atoms with Crippen molar-refractivity contribution in [2.24, 2.45) is 0 Å². The van der Waals surface area contributed by atoms with Crippen LogP contribution in [-0.2, 0) is 10.0 Å². The number of hydrogen-bond acceptors (Lipinski definition) is 5. The van der Waals surface area contributed by atoms with E-state index < -0.39 is 21.0 Å². The van der Waals surface area contributed by atoms with Crippen molar-refractivity contribution in [1.29, 1.82) is 0 Å². The van der Waals surface area contributed by atoms with E-state index in [1.54, 1.807) is 38.1 Å². The maximum absolute atomic E-state index is 12.5. The molecule has 0 spiro atoms. The molecule has 2 aromatic carbocycles. The van der Waals surface area contributed by atoms with Crippen LogP contribution in [0.5, 0.6) is 5.75 Å². The van der Waals surface area contributed by atoms with E-state index in [1.807, 2.05) is 6.92 Å². The minimum atomic E-state index is -3.89. The van der Waals surface area contributed by atoms with E-state index in [0.29, 0.717) is 17.9 Å². The second-order valence-corrected chi connectivity index (χ2v) is 7.26. The third-order valence-electron chi connectivity index (χ3n) is 3.71. The molecule has 0 bridgehead atoms. The Balaban J connectivity index is 2.23. The van der Waals surface area contributed by atoms with Crippen molar-refractivity contribution in [1.82, 2.24) is 4.72 Å². The molecule has 0 aromatic heterocycles. The lowest BCUT2D eigenvalue weighted by atomic mass is 10.1. The van der Waals surface area contributed by atoms with Crippen molar-refractivity contribution in [3.05, 3.63) is 63.7 Å². The van der Waals surface area contributed by atoms with Gasteiger partial charge in [0.05, 0.1) is 16.4 Å². The lowest BCUT2D eigenvalue weighted by Crippen LogP contribution is -2.27. The SMILES string of the molecule is CCOc1ccc([C@@H](C)NS(=O)(=O)c2ccc(C)c([N+](=O)[O-])c2)cc1. The Hall–Kier alpha value is -2.45. The summed E-state index contributed by atoms with van der Waals surface area (Å²) in [7, 11) is -3.89. The van der Waals surface area contributed by atoms with E-state index in [2.05, 4.69) is 4.72 Å². The molecule has 1 atom stereocenters. The Kier molecular flexibility index (Phi) is 5.76. The smallest absolute Gasteiger partial charge is 0.273 e. The molecular weight excluding hydrogens is 344 g/mol. The summed E-state index contributed by atoms with van der Waals surface area (Å²) in [6, 6.07) is 10.4. The first-order valence-electron chi connectivity index (χ1n) is 7.74. The van der Waals surface area contributed by atoms with Crippen LogP contribution in [0.15, 0.2) is 47.4 Å². The highest BCUT2D eigenvalue weighted by atomic mass is 32.2. The van der Waals surface area contributed by atoms with E-state index in [4.69, 9.17) is 4.74 Å². The van der Waals surface area contributed by atoms with Crippen LogP contribution in [0.3, 0.4) is 0 Å². The number of nitrogens with one attached hydrogen (secondary N) is 1. The number of rotatable bonds is 7. The monoisotopic (exact) mass is 364 g/mol. The van der Waals surface area contributed by atoms with Crippen molar-refractivity contribution in [2.45, 2.75) is 31.7 Å². The molecule has 1 N–H and O–H groups in total. The predicted molar refractivity (Wildman–Crippen MR) is 94.2 cm³/mol. The van der Waals surface area contributed by atoms with Gasteiger partial charge < -0.3 is 4.74 Å². The Morgan fingerprint density at radius 1 is 1.20 bits per heavy atom. The molecule has 7 nitrogen and oxygen atoms in total. The number of sulfonamides is 1. The minimum absolute atomic E-state index is 0.136. The van der Waals surface area contributed by atoms with Crippen molar-refractivity contribution < 1.29 is 18.1 Å². The average Bonchev–Trinajstić information content (AvgIpc) is 2.55. The topological polar surface area (TPSA) is 98.5 Å². The molecule has 0 radical (unpaired) electrons. The van der Waals surface area contributed by atoms with E-state index in [-0.39, 0.29) is 10.6 Å². The molecule has 0 aliphatic heterocycles. The van der Waals surface area contributed by atoms with E-state index in [0.717, 1.165) is 11.6 Å². The number of nitro groups is 1. The predicted octanol–water partition coefficient (Wildman–Crippen LogP) is 3.34. The van der Waals surface area contributed by atoms with Gasteiger partial charge in [-0.2, -0.15) is 0 Å². The molecule has 0 heterocycles. The molecule has 0 aliphatic rings. The fourth-order valence-electron chi connectivity index (χ4n) is 2.34. The Labute approximate surface area is 146 Å². The molecular formula is C17H20N2O5S. The van der Waals surface area contributed by atoms with Crippen molar-refractivity contribution >= 4 is 15.7 Å². The number of benzene rings is 2. The first-order chi connectivity index (χ1) is 11.7. The fourth-order valence-corrected chi connectivity index (χ4v) is 3.59. The number of aryl methyl sites for hydroxylation is 1. The summed E-state index contributed by atoms with van der Waals surface area (Å²) in [4.78, 5) is 10.3. The summed E-state index contributed by atoms with van der Waals surface area (Å²) in [5.74, 6) is 0.704. The maximum Gasteiger partial charge on any atom is 0.273 e.